The van der Waals surface area contributed by atoms with Gasteiger partial charge in [-0.1, -0.05) is 13.8 Å². The molecule has 3 fully saturated rings. The molecular weight excluding hydrogens is 476 g/mol. The zero-order valence-corrected chi connectivity index (χ0v) is 22.3. The summed E-state index contributed by atoms with van der Waals surface area (Å²) in [7, 11) is 4.58. The lowest BCUT2D eigenvalue weighted by molar-refractivity contribution is -0.142. The summed E-state index contributed by atoms with van der Waals surface area (Å²) in [6.45, 7) is 8.31. The fourth-order valence-corrected chi connectivity index (χ4v) is 7.34. The third-order valence-corrected chi connectivity index (χ3v) is 9.21. The van der Waals surface area contributed by atoms with Gasteiger partial charge in [0.2, 0.25) is 5.75 Å². The molecule has 196 valence electrons. The second kappa shape index (κ2) is 7.40. The van der Waals surface area contributed by atoms with Crippen molar-refractivity contribution in [1.82, 2.24) is 0 Å². The zero-order chi connectivity index (χ0) is 26.5. The SMILES string of the molecule is COc1cc(-c2cc3c(c(=O)o2)C=C2[C@@]4(C)C(=O)CCC(C)(C)[C@@]45O[C@H]5C[C@@]2(C)O3)cc(OC)c1OC. The minimum atomic E-state index is -0.883. The molecule has 1 aromatic heterocycles. The fourth-order valence-electron chi connectivity index (χ4n) is 7.34. The molecule has 4 atom stereocenters. The monoisotopic (exact) mass is 508 g/mol. The van der Waals surface area contributed by atoms with E-state index in [2.05, 4.69) is 13.8 Å². The van der Waals surface area contributed by atoms with Gasteiger partial charge in [-0.25, -0.2) is 4.79 Å². The quantitative estimate of drug-likeness (QED) is 0.543. The Hall–Kier alpha value is -3.26. The normalized spacial score (nSPS) is 32.6. The van der Waals surface area contributed by atoms with Crippen molar-refractivity contribution >= 4 is 11.9 Å². The Morgan fingerprint density at radius 1 is 0.946 bits per heavy atom. The van der Waals surface area contributed by atoms with Crippen LogP contribution in [-0.2, 0) is 9.53 Å². The van der Waals surface area contributed by atoms with E-state index in [1.807, 2.05) is 19.9 Å². The number of Topliss-reactive ketones (excluding diaryl/α,β-unsaturated/α-hetero) is 1. The van der Waals surface area contributed by atoms with Crippen LogP contribution in [0, 0.1) is 10.8 Å². The lowest BCUT2D eigenvalue weighted by Crippen LogP contribution is -2.65. The molecular formula is C29H32O8. The highest BCUT2D eigenvalue weighted by atomic mass is 16.6. The first kappa shape index (κ1) is 24.1. The number of hydrogen-bond acceptors (Lipinski definition) is 8. The number of epoxide rings is 1. The van der Waals surface area contributed by atoms with Gasteiger partial charge in [0.1, 0.15) is 34.1 Å². The van der Waals surface area contributed by atoms with E-state index in [1.54, 1.807) is 18.2 Å². The van der Waals surface area contributed by atoms with Gasteiger partial charge in [0.15, 0.2) is 11.5 Å². The molecule has 3 heterocycles. The summed E-state index contributed by atoms with van der Waals surface area (Å²) in [5.41, 5.74) is -1.32. The van der Waals surface area contributed by atoms with E-state index in [0.717, 1.165) is 12.0 Å². The number of ketones is 1. The number of rotatable bonds is 4. The Morgan fingerprint density at radius 3 is 2.24 bits per heavy atom. The average molecular weight is 509 g/mol. The van der Waals surface area contributed by atoms with Gasteiger partial charge in [0.05, 0.1) is 32.8 Å². The maximum absolute atomic E-state index is 13.6. The highest BCUT2D eigenvalue weighted by Crippen LogP contribution is 2.73. The second-order valence-electron chi connectivity index (χ2n) is 11.5. The third-order valence-electron chi connectivity index (χ3n) is 9.21. The fraction of sp³-hybridized carbons (Fsp3) is 0.517. The Bertz CT molecular complexity index is 1410. The van der Waals surface area contributed by atoms with Gasteiger partial charge < -0.3 is 28.1 Å². The van der Waals surface area contributed by atoms with E-state index >= 15 is 0 Å². The maximum Gasteiger partial charge on any atom is 0.347 e. The minimum Gasteiger partial charge on any atom is -0.493 e. The van der Waals surface area contributed by atoms with Crippen LogP contribution in [0.4, 0.5) is 0 Å². The number of carbonyl (C=O) groups excluding carboxylic acids is 1. The number of ether oxygens (including phenoxy) is 5. The van der Waals surface area contributed by atoms with Gasteiger partial charge in [-0.2, -0.15) is 0 Å². The average Bonchev–Trinajstić information content (AvgIpc) is 3.60. The number of hydrogen-bond donors (Lipinski definition) is 0. The van der Waals surface area contributed by atoms with Gasteiger partial charge in [-0.05, 0) is 49.5 Å². The Kier molecular flexibility index (Phi) is 4.82. The van der Waals surface area contributed by atoms with E-state index in [0.29, 0.717) is 52.7 Å². The Morgan fingerprint density at radius 2 is 1.62 bits per heavy atom. The summed E-state index contributed by atoms with van der Waals surface area (Å²) in [6, 6.07) is 5.14. The van der Waals surface area contributed by atoms with Gasteiger partial charge in [0, 0.05) is 24.5 Å². The molecule has 1 aromatic carbocycles. The van der Waals surface area contributed by atoms with Crippen LogP contribution < -0.4 is 24.6 Å². The molecule has 0 bridgehead atoms. The van der Waals surface area contributed by atoms with Crippen LogP contribution in [0.1, 0.15) is 52.5 Å². The molecule has 2 aliphatic carbocycles. The van der Waals surface area contributed by atoms with E-state index in [9.17, 15) is 9.59 Å². The van der Waals surface area contributed by atoms with E-state index in [-0.39, 0.29) is 17.3 Å². The highest BCUT2D eigenvalue weighted by Gasteiger charge is 2.82. The van der Waals surface area contributed by atoms with Crippen LogP contribution >= 0.6 is 0 Å². The lowest BCUT2D eigenvalue weighted by Gasteiger charge is -2.56. The van der Waals surface area contributed by atoms with Crippen molar-refractivity contribution in [3.8, 4) is 34.3 Å². The van der Waals surface area contributed by atoms with E-state index in [1.165, 1.54) is 21.3 Å². The molecule has 4 aliphatic rings. The molecule has 0 amide bonds. The summed E-state index contributed by atoms with van der Waals surface area (Å²) in [5.74, 6) is 2.16. The largest absolute Gasteiger partial charge is 0.493 e. The van der Waals surface area contributed by atoms with Crippen molar-refractivity contribution in [3.05, 3.63) is 39.8 Å². The predicted molar refractivity (Wildman–Crippen MR) is 135 cm³/mol. The topological polar surface area (TPSA) is 96.7 Å². The van der Waals surface area contributed by atoms with E-state index < -0.39 is 22.2 Å². The van der Waals surface area contributed by atoms with Crippen LogP contribution in [0.5, 0.6) is 23.0 Å². The number of fused-ring (bicyclic) bond motifs is 3. The van der Waals surface area contributed by atoms with Crippen LogP contribution in [-0.4, -0.2) is 44.4 Å². The summed E-state index contributed by atoms with van der Waals surface area (Å²) in [4.78, 5) is 26.9. The molecule has 2 saturated carbocycles. The molecule has 6 rings (SSSR count). The first-order valence-electron chi connectivity index (χ1n) is 12.6. The Labute approximate surface area is 215 Å². The molecule has 0 N–H and O–H groups in total. The molecule has 1 spiro atoms. The van der Waals surface area contributed by atoms with Gasteiger partial charge >= 0.3 is 5.63 Å². The van der Waals surface area contributed by atoms with Gasteiger partial charge in [0.25, 0.3) is 0 Å². The van der Waals surface area contributed by atoms with Crippen molar-refractivity contribution < 1.29 is 32.9 Å². The zero-order valence-electron chi connectivity index (χ0n) is 22.3. The maximum atomic E-state index is 13.6. The number of methoxy groups -OCH3 is 3. The smallest absolute Gasteiger partial charge is 0.347 e. The molecule has 2 aliphatic heterocycles. The van der Waals surface area contributed by atoms with Crippen molar-refractivity contribution in [2.75, 3.05) is 21.3 Å². The van der Waals surface area contributed by atoms with Crippen LogP contribution in [0.25, 0.3) is 17.4 Å². The first-order valence-corrected chi connectivity index (χ1v) is 12.6. The van der Waals surface area contributed by atoms with Gasteiger partial charge in [-0.15, -0.1) is 0 Å². The highest BCUT2D eigenvalue weighted by molar-refractivity contribution is 5.94. The predicted octanol–water partition coefficient (Wildman–Crippen LogP) is 4.80. The van der Waals surface area contributed by atoms with E-state index in [4.69, 9.17) is 28.1 Å². The van der Waals surface area contributed by atoms with Gasteiger partial charge in [-0.3, -0.25) is 4.79 Å². The molecule has 2 aromatic rings. The van der Waals surface area contributed by atoms with Crippen molar-refractivity contribution in [1.29, 1.82) is 0 Å². The van der Waals surface area contributed by atoms with Crippen molar-refractivity contribution in [2.24, 2.45) is 10.8 Å². The van der Waals surface area contributed by atoms with Crippen molar-refractivity contribution in [2.45, 2.75) is 64.3 Å². The summed E-state index contributed by atoms with van der Waals surface area (Å²) >= 11 is 0. The first-order chi connectivity index (χ1) is 17.5. The summed E-state index contributed by atoms with van der Waals surface area (Å²) in [5, 5.41) is 0. The molecule has 8 nitrogen and oxygen atoms in total. The van der Waals surface area contributed by atoms with Crippen LogP contribution in [0.15, 0.2) is 33.0 Å². The number of carbonyl (C=O) groups is 1. The molecule has 0 radical (unpaired) electrons. The molecule has 37 heavy (non-hydrogen) atoms. The van der Waals surface area contributed by atoms with Crippen LogP contribution in [0.2, 0.25) is 0 Å². The second-order valence-corrected chi connectivity index (χ2v) is 11.5. The number of benzene rings is 1. The Balaban J connectivity index is 1.51. The molecule has 0 unspecified atom stereocenters. The molecule has 1 saturated heterocycles. The van der Waals surface area contributed by atoms with Crippen LogP contribution in [0.3, 0.4) is 0 Å². The molecule has 8 heteroatoms. The summed E-state index contributed by atoms with van der Waals surface area (Å²) in [6.07, 6.45) is 3.58. The minimum absolute atomic E-state index is 0.0878. The third kappa shape index (κ3) is 2.87. The lowest BCUT2D eigenvalue weighted by atomic mass is 9.46. The van der Waals surface area contributed by atoms with Crippen molar-refractivity contribution in [3.63, 3.8) is 0 Å². The standard InChI is InChI=1S/C29H32O8/c1-26(2)9-8-22(30)28(4)21-12-16-18(36-27(21,3)14-23-29(26,28)37-23)13-17(35-25(16)31)15-10-19(32-5)24(34-7)20(11-15)33-6/h10-13,23H,8-9,14H2,1-7H3/t23-,27+,28-,29+/m0/s1. The summed E-state index contributed by atoms with van der Waals surface area (Å²) < 4.78 is 35.1.